The summed E-state index contributed by atoms with van der Waals surface area (Å²) >= 11 is 0. The average Bonchev–Trinajstić information content (AvgIpc) is 3.08. The molecule has 2 rings (SSSR count). The molecular formula is C17H27IN4O. The topological polar surface area (TPSA) is 56.7 Å². The molecule has 0 aromatic heterocycles. The predicted octanol–water partition coefficient (Wildman–Crippen LogP) is 2.54. The van der Waals surface area contributed by atoms with Crippen LogP contribution in [0.15, 0.2) is 35.3 Å². The number of likely N-dealkylation sites (tertiary alicyclic amines) is 1. The molecular weight excluding hydrogens is 403 g/mol. The summed E-state index contributed by atoms with van der Waals surface area (Å²) in [6.45, 7) is 6.83. The molecule has 1 aliphatic heterocycles. The third-order valence-electron chi connectivity index (χ3n) is 3.83. The first-order chi connectivity index (χ1) is 10.7. The summed E-state index contributed by atoms with van der Waals surface area (Å²) in [5.41, 5.74) is 1.19. The minimum absolute atomic E-state index is 0. The van der Waals surface area contributed by atoms with Gasteiger partial charge in [-0.1, -0.05) is 30.3 Å². The number of aliphatic imine (C=N–C) groups is 1. The van der Waals surface area contributed by atoms with Crippen LogP contribution in [0.5, 0.6) is 0 Å². The van der Waals surface area contributed by atoms with Crippen molar-refractivity contribution in [1.29, 1.82) is 0 Å². The van der Waals surface area contributed by atoms with E-state index in [2.05, 4.69) is 34.7 Å². The van der Waals surface area contributed by atoms with Crippen LogP contribution in [-0.2, 0) is 4.79 Å². The monoisotopic (exact) mass is 430 g/mol. The summed E-state index contributed by atoms with van der Waals surface area (Å²) in [6.07, 6.45) is 2.22. The zero-order chi connectivity index (χ0) is 15.8. The summed E-state index contributed by atoms with van der Waals surface area (Å²) in [4.78, 5) is 18.4. The number of guanidine groups is 1. The van der Waals surface area contributed by atoms with Crippen molar-refractivity contribution < 1.29 is 4.79 Å². The fraction of sp³-hybridized carbons (Fsp3) is 0.529. The predicted molar refractivity (Wildman–Crippen MR) is 105 cm³/mol. The minimum Gasteiger partial charge on any atom is -0.357 e. The third kappa shape index (κ3) is 6.37. The molecule has 6 heteroatoms. The van der Waals surface area contributed by atoms with Crippen LogP contribution in [0.3, 0.4) is 0 Å². The number of halogens is 1. The molecule has 1 aliphatic rings. The molecule has 0 spiro atoms. The Balaban J connectivity index is 0.00000264. The Kier molecular flexibility index (Phi) is 8.98. The molecule has 23 heavy (non-hydrogen) atoms. The highest BCUT2D eigenvalue weighted by Gasteiger charge is 2.17. The molecule has 1 heterocycles. The van der Waals surface area contributed by atoms with Crippen LogP contribution in [0.1, 0.15) is 38.3 Å². The Morgan fingerprint density at radius 2 is 1.91 bits per heavy atom. The smallest absolute Gasteiger partial charge is 0.244 e. The van der Waals surface area contributed by atoms with E-state index in [1.54, 1.807) is 0 Å². The van der Waals surface area contributed by atoms with Gasteiger partial charge in [0.2, 0.25) is 5.91 Å². The minimum atomic E-state index is 0. The highest BCUT2D eigenvalue weighted by atomic mass is 127. The summed E-state index contributed by atoms with van der Waals surface area (Å²) in [5, 5.41) is 6.55. The van der Waals surface area contributed by atoms with Crippen LogP contribution in [-0.4, -0.2) is 42.9 Å². The van der Waals surface area contributed by atoms with Gasteiger partial charge >= 0.3 is 0 Å². The van der Waals surface area contributed by atoms with Crippen LogP contribution in [0.4, 0.5) is 0 Å². The van der Waals surface area contributed by atoms with Gasteiger partial charge < -0.3 is 15.5 Å². The van der Waals surface area contributed by atoms with Crippen molar-refractivity contribution in [1.82, 2.24) is 15.5 Å². The Labute approximate surface area is 156 Å². The molecule has 1 saturated heterocycles. The number of rotatable bonds is 5. The van der Waals surface area contributed by atoms with Crippen LogP contribution in [0, 0.1) is 0 Å². The first-order valence-electron chi connectivity index (χ1n) is 8.08. The van der Waals surface area contributed by atoms with E-state index in [1.165, 1.54) is 5.56 Å². The van der Waals surface area contributed by atoms with Gasteiger partial charge in [-0.05, 0) is 32.3 Å². The van der Waals surface area contributed by atoms with E-state index in [1.807, 2.05) is 30.0 Å². The van der Waals surface area contributed by atoms with Gasteiger partial charge in [0.15, 0.2) is 5.96 Å². The van der Waals surface area contributed by atoms with E-state index in [0.29, 0.717) is 5.96 Å². The molecule has 0 bridgehead atoms. The standard InChI is InChI=1S/C17H26N4O.HI/c1-3-18-17(19-13-16(22)21-11-7-8-12-21)20-14(2)15-9-5-4-6-10-15;/h4-6,9-10,14H,3,7-8,11-13H2,1-2H3,(H2,18,19,20);1H. The molecule has 1 atom stereocenters. The number of carbonyl (C=O) groups excluding carboxylic acids is 1. The Bertz CT molecular complexity index is 501. The first kappa shape index (κ1) is 19.7. The zero-order valence-electron chi connectivity index (χ0n) is 13.9. The Hall–Kier alpha value is -1.31. The van der Waals surface area contributed by atoms with Crippen LogP contribution in [0.25, 0.3) is 0 Å². The number of benzene rings is 1. The third-order valence-corrected chi connectivity index (χ3v) is 3.83. The number of nitrogens with zero attached hydrogens (tertiary/aromatic N) is 2. The first-order valence-corrected chi connectivity index (χ1v) is 8.08. The second kappa shape index (κ2) is 10.5. The van der Waals surface area contributed by atoms with Gasteiger partial charge in [-0.3, -0.25) is 4.79 Å². The molecule has 0 aliphatic carbocycles. The normalized spacial score (nSPS) is 15.7. The van der Waals surface area contributed by atoms with E-state index in [4.69, 9.17) is 0 Å². The maximum Gasteiger partial charge on any atom is 0.244 e. The molecule has 128 valence electrons. The molecule has 1 aromatic rings. The molecule has 1 amide bonds. The van der Waals surface area contributed by atoms with E-state index in [-0.39, 0.29) is 42.5 Å². The number of nitrogens with one attached hydrogen (secondary N) is 2. The lowest BCUT2D eigenvalue weighted by molar-refractivity contribution is -0.128. The quantitative estimate of drug-likeness (QED) is 0.429. The summed E-state index contributed by atoms with van der Waals surface area (Å²) in [5.74, 6) is 0.800. The van der Waals surface area contributed by atoms with Gasteiger partial charge in [0, 0.05) is 19.6 Å². The van der Waals surface area contributed by atoms with Gasteiger partial charge in [0.25, 0.3) is 0 Å². The number of amides is 1. The maximum absolute atomic E-state index is 12.1. The van der Waals surface area contributed by atoms with Gasteiger partial charge in [-0.2, -0.15) is 0 Å². The van der Waals surface area contributed by atoms with Crippen LogP contribution >= 0.6 is 24.0 Å². The second-order valence-corrected chi connectivity index (χ2v) is 5.56. The molecule has 1 aromatic carbocycles. The van der Waals surface area contributed by atoms with Crippen molar-refractivity contribution in [3.8, 4) is 0 Å². The molecule has 1 unspecified atom stereocenters. The largest absolute Gasteiger partial charge is 0.357 e. The number of hydrogen-bond acceptors (Lipinski definition) is 2. The molecule has 1 fully saturated rings. The van der Waals surface area contributed by atoms with E-state index >= 15 is 0 Å². The van der Waals surface area contributed by atoms with Gasteiger partial charge in [-0.15, -0.1) is 24.0 Å². The maximum atomic E-state index is 12.1. The van der Waals surface area contributed by atoms with Crippen molar-refractivity contribution in [2.75, 3.05) is 26.2 Å². The average molecular weight is 430 g/mol. The number of carbonyl (C=O) groups is 1. The van der Waals surface area contributed by atoms with Crippen molar-refractivity contribution in [2.24, 2.45) is 4.99 Å². The fourth-order valence-electron chi connectivity index (χ4n) is 2.56. The molecule has 0 radical (unpaired) electrons. The van der Waals surface area contributed by atoms with Gasteiger partial charge in [0.05, 0.1) is 6.04 Å². The summed E-state index contributed by atoms with van der Waals surface area (Å²) < 4.78 is 0. The lowest BCUT2D eigenvalue weighted by Gasteiger charge is -2.19. The van der Waals surface area contributed by atoms with E-state index < -0.39 is 0 Å². The molecule has 5 nitrogen and oxygen atoms in total. The fourth-order valence-corrected chi connectivity index (χ4v) is 2.56. The number of hydrogen-bond donors (Lipinski definition) is 2. The highest BCUT2D eigenvalue weighted by Crippen LogP contribution is 2.11. The van der Waals surface area contributed by atoms with Crippen molar-refractivity contribution in [2.45, 2.75) is 32.7 Å². The van der Waals surface area contributed by atoms with E-state index in [9.17, 15) is 4.79 Å². The van der Waals surface area contributed by atoms with E-state index in [0.717, 1.165) is 32.5 Å². The summed E-state index contributed by atoms with van der Waals surface area (Å²) in [6, 6.07) is 10.3. The highest BCUT2D eigenvalue weighted by molar-refractivity contribution is 14.0. The van der Waals surface area contributed by atoms with Gasteiger partial charge in [0.1, 0.15) is 6.54 Å². The van der Waals surface area contributed by atoms with Crippen molar-refractivity contribution in [3.05, 3.63) is 35.9 Å². The Morgan fingerprint density at radius 3 is 2.52 bits per heavy atom. The zero-order valence-corrected chi connectivity index (χ0v) is 16.2. The van der Waals surface area contributed by atoms with Crippen molar-refractivity contribution in [3.63, 3.8) is 0 Å². The van der Waals surface area contributed by atoms with Crippen molar-refractivity contribution >= 4 is 35.8 Å². The Morgan fingerprint density at radius 1 is 1.26 bits per heavy atom. The molecule has 2 N–H and O–H groups in total. The lowest BCUT2D eigenvalue weighted by Crippen LogP contribution is -2.40. The molecule has 0 saturated carbocycles. The summed E-state index contributed by atoms with van der Waals surface area (Å²) in [7, 11) is 0. The lowest BCUT2D eigenvalue weighted by atomic mass is 10.1. The van der Waals surface area contributed by atoms with Crippen LogP contribution < -0.4 is 10.6 Å². The second-order valence-electron chi connectivity index (χ2n) is 5.56. The SMILES string of the molecule is CCNC(=NCC(=O)N1CCCC1)NC(C)c1ccccc1.I. The van der Waals surface area contributed by atoms with Gasteiger partial charge in [-0.25, -0.2) is 4.99 Å². The van der Waals surface area contributed by atoms with Crippen LogP contribution in [0.2, 0.25) is 0 Å².